The summed E-state index contributed by atoms with van der Waals surface area (Å²) in [6, 6.07) is 9.40. The predicted octanol–water partition coefficient (Wildman–Crippen LogP) is -0.163. The van der Waals surface area contributed by atoms with Crippen LogP contribution in [0.25, 0.3) is 11.4 Å². The molecule has 7 heteroatoms. The van der Waals surface area contributed by atoms with E-state index in [9.17, 15) is 4.79 Å². The average Bonchev–Trinajstić information content (AvgIpc) is 2.86. The van der Waals surface area contributed by atoms with Crippen molar-refractivity contribution in [3.05, 3.63) is 30.3 Å². The van der Waals surface area contributed by atoms with Gasteiger partial charge in [-0.05, 0) is 12.1 Å². The minimum absolute atomic E-state index is 0.0213. The van der Waals surface area contributed by atoms with Gasteiger partial charge in [-0.25, -0.2) is 0 Å². The Labute approximate surface area is 110 Å². The van der Waals surface area contributed by atoms with Crippen LogP contribution < -0.4 is 5.32 Å². The molecule has 1 aromatic heterocycles. The SMILES string of the molecule is CC(O)CNC(=O)Cn1nnc(-c2ccccc2)n1. The number of carbonyl (C=O) groups is 1. The van der Waals surface area contributed by atoms with E-state index in [0.717, 1.165) is 5.56 Å². The predicted molar refractivity (Wildman–Crippen MR) is 67.9 cm³/mol. The number of carbonyl (C=O) groups excluding carboxylic acids is 1. The molecule has 1 heterocycles. The average molecular weight is 261 g/mol. The van der Waals surface area contributed by atoms with Gasteiger partial charge in [0.05, 0.1) is 6.10 Å². The summed E-state index contributed by atoms with van der Waals surface area (Å²) in [5.41, 5.74) is 0.845. The first-order valence-electron chi connectivity index (χ1n) is 5.93. The van der Waals surface area contributed by atoms with Gasteiger partial charge in [-0.3, -0.25) is 4.79 Å². The zero-order chi connectivity index (χ0) is 13.7. The Hall–Kier alpha value is -2.28. The van der Waals surface area contributed by atoms with E-state index in [0.29, 0.717) is 5.82 Å². The second-order valence-electron chi connectivity index (χ2n) is 4.16. The molecule has 1 atom stereocenters. The van der Waals surface area contributed by atoms with Crippen molar-refractivity contribution in [1.82, 2.24) is 25.5 Å². The maximum absolute atomic E-state index is 11.5. The molecule has 0 aliphatic carbocycles. The van der Waals surface area contributed by atoms with Gasteiger partial charge in [0.15, 0.2) is 0 Å². The van der Waals surface area contributed by atoms with E-state index in [1.807, 2.05) is 30.3 Å². The molecule has 0 spiro atoms. The van der Waals surface area contributed by atoms with Crippen LogP contribution in [0.4, 0.5) is 0 Å². The van der Waals surface area contributed by atoms with E-state index >= 15 is 0 Å². The highest BCUT2D eigenvalue weighted by molar-refractivity contribution is 5.75. The summed E-state index contributed by atoms with van der Waals surface area (Å²) < 4.78 is 0. The molecule has 7 nitrogen and oxygen atoms in total. The van der Waals surface area contributed by atoms with Crippen molar-refractivity contribution in [2.75, 3.05) is 6.54 Å². The maximum Gasteiger partial charge on any atom is 0.243 e. The Balaban J connectivity index is 1.96. The highest BCUT2D eigenvalue weighted by atomic mass is 16.3. The van der Waals surface area contributed by atoms with Crippen molar-refractivity contribution < 1.29 is 9.90 Å². The van der Waals surface area contributed by atoms with Crippen LogP contribution in [0.2, 0.25) is 0 Å². The second-order valence-corrected chi connectivity index (χ2v) is 4.16. The molecule has 0 saturated carbocycles. The smallest absolute Gasteiger partial charge is 0.243 e. The second kappa shape index (κ2) is 6.05. The topological polar surface area (TPSA) is 92.9 Å². The Morgan fingerprint density at radius 3 is 2.84 bits per heavy atom. The summed E-state index contributed by atoms with van der Waals surface area (Å²) in [6.07, 6.45) is -0.576. The lowest BCUT2D eigenvalue weighted by atomic mass is 10.2. The van der Waals surface area contributed by atoms with Crippen LogP contribution >= 0.6 is 0 Å². The van der Waals surface area contributed by atoms with Crippen LogP contribution in [-0.2, 0) is 11.3 Å². The van der Waals surface area contributed by atoms with Crippen molar-refractivity contribution in [1.29, 1.82) is 0 Å². The molecule has 2 rings (SSSR count). The number of nitrogens with one attached hydrogen (secondary N) is 1. The molecule has 2 N–H and O–H groups in total. The number of amides is 1. The Bertz CT molecular complexity index is 538. The maximum atomic E-state index is 11.5. The highest BCUT2D eigenvalue weighted by Gasteiger charge is 2.09. The lowest BCUT2D eigenvalue weighted by Gasteiger charge is -2.05. The molecule has 0 aliphatic heterocycles. The fourth-order valence-corrected chi connectivity index (χ4v) is 1.46. The Kier molecular flexibility index (Phi) is 4.19. The minimum atomic E-state index is -0.576. The van der Waals surface area contributed by atoms with E-state index in [-0.39, 0.29) is 19.0 Å². The molecule has 2 aromatic rings. The third-order valence-electron chi connectivity index (χ3n) is 2.36. The first kappa shape index (κ1) is 13.2. The van der Waals surface area contributed by atoms with Gasteiger partial charge in [0.2, 0.25) is 11.7 Å². The number of hydrogen-bond acceptors (Lipinski definition) is 5. The van der Waals surface area contributed by atoms with E-state index in [2.05, 4.69) is 20.7 Å². The molecule has 0 radical (unpaired) electrons. The zero-order valence-corrected chi connectivity index (χ0v) is 10.5. The minimum Gasteiger partial charge on any atom is -0.392 e. The van der Waals surface area contributed by atoms with E-state index < -0.39 is 6.10 Å². The van der Waals surface area contributed by atoms with E-state index in [1.54, 1.807) is 6.92 Å². The third-order valence-corrected chi connectivity index (χ3v) is 2.36. The van der Waals surface area contributed by atoms with Crippen molar-refractivity contribution in [2.24, 2.45) is 0 Å². The summed E-state index contributed by atoms with van der Waals surface area (Å²) in [7, 11) is 0. The van der Waals surface area contributed by atoms with Gasteiger partial charge in [-0.2, -0.15) is 4.80 Å². The largest absolute Gasteiger partial charge is 0.392 e. The van der Waals surface area contributed by atoms with Gasteiger partial charge in [0, 0.05) is 12.1 Å². The van der Waals surface area contributed by atoms with Gasteiger partial charge >= 0.3 is 0 Å². The van der Waals surface area contributed by atoms with E-state index in [4.69, 9.17) is 5.11 Å². The summed E-state index contributed by atoms with van der Waals surface area (Å²) in [5, 5.41) is 23.4. The lowest BCUT2D eigenvalue weighted by molar-refractivity contribution is -0.122. The molecule has 0 bridgehead atoms. The molecular weight excluding hydrogens is 246 g/mol. The third kappa shape index (κ3) is 3.85. The monoisotopic (exact) mass is 261 g/mol. The van der Waals surface area contributed by atoms with Crippen LogP contribution in [0.15, 0.2) is 30.3 Å². The highest BCUT2D eigenvalue weighted by Crippen LogP contribution is 2.11. The fourth-order valence-electron chi connectivity index (χ4n) is 1.46. The molecule has 1 aromatic carbocycles. The lowest BCUT2D eigenvalue weighted by Crippen LogP contribution is -2.33. The summed E-state index contributed by atoms with van der Waals surface area (Å²) in [5.74, 6) is 0.210. The van der Waals surface area contributed by atoms with Crippen molar-refractivity contribution in [3.63, 3.8) is 0 Å². The molecule has 0 fully saturated rings. The number of tetrazole rings is 1. The molecule has 0 saturated heterocycles. The van der Waals surface area contributed by atoms with Gasteiger partial charge in [0.25, 0.3) is 0 Å². The number of aliphatic hydroxyl groups excluding tert-OH is 1. The molecule has 1 amide bonds. The number of benzene rings is 1. The van der Waals surface area contributed by atoms with Gasteiger partial charge < -0.3 is 10.4 Å². The van der Waals surface area contributed by atoms with Crippen molar-refractivity contribution in [2.45, 2.75) is 19.6 Å². The van der Waals surface area contributed by atoms with Crippen molar-refractivity contribution >= 4 is 5.91 Å². The standard InChI is InChI=1S/C12H15N5O2/c1-9(18)7-13-11(19)8-17-15-12(14-16-17)10-5-3-2-4-6-10/h2-6,9,18H,7-8H2,1H3,(H,13,19). The van der Waals surface area contributed by atoms with E-state index in [1.165, 1.54) is 4.80 Å². The quantitative estimate of drug-likeness (QED) is 0.780. The normalized spacial score (nSPS) is 12.1. The summed E-state index contributed by atoms with van der Waals surface area (Å²) in [6.45, 7) is 1.78. The van der Waals surface area contributed by atoms with Crippen LogP contribution in [0.1, 0.15) is 6.92 Å². The van der Waals surface area contributed by atoms with Crippen LogP contribution in [0.5, 0.6) is 0 Å². The number of nitrogens with zero attached hydrogens (tertiary/aromatic N) is 4. The molecule has 100 valence electrons. The van der Waals surface area contributed by atoms with Gasteiger partial charge in [0.1, 0.15) is 6.54 Å². The number of aliphatic hydroxyl groups is 1. The Morgan fingerprint density at radius 1 is 1.42 bits per heavy atom. The first-order chi connectivity index (χ1) is 9.15. The number of aromatic nitrogens is 4. The number of rotatable bonds is 5. The fraction of sp³-hybridized carbons (Fsp3) is 0.333. The summed E-state index contributed by atoms with van der Waals surface area (Å²) in [4.78, 5) is 12.7. The first-order valence-corrected chi connectivity index (χ1v) is 5.93. The molecular formula is C12H15N5O2. The van der Waals surface area contributed by atoms with Crippen molar-refractivity contribution in [3.8, 4) is 11.4 Å². The molecule has 0 aliphatic rings. The van der Waals surface area contributed by atoms with Gasteiger partial charge in [-0.15, -0.1) is 10.2 Å². The molecule has 19 heavy (non-hydrogen) atoms. The number of hydrogen-bond donors (Lipinski definition) is 2. The zero-order valence-electron chi connectivity index (χ0n) is 10.5. The molecule has 1 unspecified atom stereocenters. The van der Waals surface area contributed by atoms with Crippen LogP contribution in [-0.4, -0.2) is 43.9 Å². The van der Waals surface area contributed by atoms with Crippen LogP contribution in [0.3, 0.4) is 0 Å². The van der Waals surface area contributed by atoms with Gasteiger partial charge in [-0.1, -0.05) is 30.3 Å². The van der Waals surface area contributed by atoms with Crippen LogP contribution in [0, 0.1) is 0 Å². The summed E-state index contributed by atoms with van der Waals surface area (Å²) >= 11 is 0. The Morgan fingerprint density at radius 2 is 2.16 bits per heavy atom.